The first-order valence-corrected chi connectivity index (χ1v) is 6.79. The van der Waals surface area contributed by atoms with Crippen molar-refractivity contribution in [2.45, 2.75) is 38.1 Å². The van der Waals surface area contributed by atoms with Gasteiger partial charge in [0.05, 0.1) is 6.26 Å². The standard InChI is InChI=1S/C13H18BF3NO3.K/c1-13(2,3)21-12(19)18-7-9(11-5-4-6-20-11)10(8-18)14(15,16)17;/h4-6,9-10H,7-8H2,1-3H3;/q-1;+1. The Morgan fingerprint density at radius 2 is 2.00 bits per heavy atom. The van der Waals surface area contributed by atoms with E-state index in [-0.39, 0.29) is 70.2 Å². The number of rotatable bonds is 2. The van der Waals surface area contributed by atoms with Gasteiger partial charge in [0, 0.05) is 19.0 Å². The maximum absolute atomic E-state index is 13.2. The van der Waals surface area contributed by atoms with Crippen LogP contribution in [0.25, 0.3) is 0 Å². The molecule has 0 radical (unpaired) electrons. The number of amides is 1. The molecule has 118 valence electrons. The summed E-state index contributed by atoms with van der Waals surface area (Å²) in [6.45, 7) is -0.474. The number of ether oxygens (including phenoxy) is 1. The van der Waals surface area contributed by atoms with Crippen LogP contribution in [0, 0.1) is 0 Å². The van der Waals surface area contributed by atoms with Crippen LogP contribution in [-0.2, 0) is 4.74 Å². The number of hydrogen-bond donors (Lipinski definition) is 0. The molecular weight excluding hydrogens is 325 g/mol. The zero-order valence-corrected chi connectivity index (χ0v) is 16.3. The molecule has 2 atom stereocenters. The van der Waals surface area contributed by atoms with Crippen molar-refractivity contribution >= 4 is 13.1 Å². The minimum absolute atomic E-state index is 0. The third kappa shape index (κ3) is 5.02. The Balaban J connectivity index is 0.00000242. The SMILES string of the molecule is CC(C)(C)OC(=O)N1CC(c2ccco2)C([B-](F)(F)F)C1.[K+]. The number of carbonyl (C=O) groups is 1. The van der Waals surface area contributed by atoms with Crippen LogP contribution in [0.5, 0.6) is 0 Å². The van der Waals surface area contributed by atoms with Crippen molar-refractivity contribution in [2.24, 2.45) is 0 Å². The van der Waals surface area contributed by atoms with E-state index in [1.165, 1.54) is 12.3 Å². The van der Waals surface area contributed by atoms with Gasteiger partial charge in [-0.2, -0.15) is 0 Å². The van der Waals surface area contributed by atoms with Gasteiger partial charge in [0.15, 0.2) is 0 Å². The van der Waals surface area contributed by atoms with E-state index in [1.54, 1.807) is 26.8 Å². The van der Waals surface area contributed by atoms with E-state index in [0.717, 1.165) is 4.90 Å². The van der Waals surface area contributed by atoms with Gasteiger partial charge in [0.25, 0.3) is 0 Å². The van der Waals surface area contributed by atoms with Gasteiger partial charge in [-0.05, 0) is 38.7 Å². The minimum Gasteiger partial charge on any atom is -0.469 e. The summed E-state index contributed by atoms with van der Waals surface area (Å²) in [4.78, 5) is 13.1. The maximum Gasteiger partial charge on any atom is 1.00 e. The van der Waals surface area contributed by atoms with Crippen LogP contribution < -0.4 is 51.4 Å². The zero-order chi connectivity index (χ0) is 15.8. The molecule has 0 saturated carbocycles. The molecule has 2 heterocycles. The second-order valence-electron chi connectivity index (χ2n) is 6.30. The molecule has 2 rings (SSSR count). The normalized spacial score (nSPS) is 22.4. The third-order valence-electron chi connectivity index (χ3n) is 3.41. The molecule has 0 aromatic carbocycles. The topological polar surface area (TPSA) is 42.7 Å². The Hall–Kier alpha value is 0.0413. The van der Waals surface area contributed by atoms with Crippen LogP contribution in [0.1, 0.15) is 32.4 Å². The molecule has 1 aromatic rings. The first kappa shape index (κ1) is 20.1. The molecule has 0 aliphatic carbocycles. The van der Waals surface area contributed by atoms with Gasteiger partial charge in [-0.1, -0.05) is 0 Å². The fraction of sp³-hybridized carbons (Fsp3) is 0.615. The van der Waals surface area contributed by atoms with E-state index in [1.807, 2.05) is 0 Å². The summed E-state index contributed by atoms with van der Waals surface area (Å²) in [5.41, 5.74) is -0.737. The average Bonchev–Trinajstić information content (AvgIpc) is 2.94. The second kappa shape index (κ2) is 7.29. The number of furan rings is 1. The maximum atomic E-state index is 13.2. The molecule has 0 N–H and O–H groups in total. The molecule has 0 spiro atoms. The summed E-state index contributed by atoms with van der Waals surface area (Å²) >= 11 is 0. The molecule has 1 aliphatic heterocycles. The predicted octanol–water partition coefficient (Wildman–Crippen LogP) is 0.836. The van der Waals surface area contributed by atoms with Crippen molar-refractivity contribution in [2.75, 3.05) is 13.1 Å². The number of halogens is 3. The Bertz CT molecular complexity index is 502. The number of likely N-dealkylation sites (tertiary alicyclic amines) is 1. The van der Waals surface area contributed by atoms with Gasteiger partial charge in [-0.25, -0.2) is 4.79 Å². The fourth-order valence-electron chi connectivity index (χ4n) is 2.49. The first-order chi connectivity index (χ1) is 9.58. The fourth-order valence-corrected chi connectivity index (χ4v) is 2.49. The van der Waals surface area contributed by atoms with Crippen LogP contribution >= 0.6 is 0 Å². The van der Waals surface area contributed by atoms with Gasteiger partial charge in [0.1, 0.15) is 11.4 Å². The molecule has 1 aromatic heterocycles. The van der Waals surface area contributed by atoms with Crippen molar-refractivity contribution in [3.8, 4) is 0 Å². The summed E-state index contributed by atoms with van der Waals surface area (Å²) in [6, 6.07) is 3.06. The molecule has 22 heavy (non-hydrogen) atoms. The molecule has 2 unspecified atom stereocenters. The van der Waals surface area contributed by atoms with Gasteiger partial charge in [0.2, 0.25) is 0 Å². The Kier molecular flexibility index (Phi) is 6.66. The number of nitrogens with zero attached hydrogens (tertiary/aromatic N) is 1. The summed E-state index contributed by atoms with van der Waals surface area (Å²) in [6.07, 6.45) is 0.618. The molecule has 0 bridgehead atoms. The Morgan fingerprint density at radius 1 is 1.36 bits per heavy atom. The van der Waals surface area contributed by atoms with Gasteiger partial charge in [-0.15, -0.1) is 0 Å². The molecule has 9 heteroatoms. The van der Waals surface area contributed by atoms with Gasteiger partial charge in [-0.3, -0.25) is 0 Å². The summed E-state index contributed by atoms with van der Waals surface area (Å²) < 4.78 is 49.9. The molecule has 1 fully saturated rings. The molecule has 1 saturated heterocycles. The summed E-state index contributed by atoms with van der Waals surface area (Å²) in [5.74, 6) is -2.19. The van der Waals surface area contributed by atoms with Crippen molar-refractivity contribution in [1.29, 1.82) is 0 Å². The molecule has 1 amide bonds. The zero-order valence-electron chi connectivity index (χ0n) is 13.2. The average molecular weight is 343 g/mol. The minimum atomic E-state index is -5.07. The van der Waals surface area contributed by atoms with Gasteiger partial charge >= 0.3 is 64.5 Å². The third-order valence-corrected chi connectivity index (χ3v) is 3.41. The van der Waals surface area contributed by atoms with E-state index in [4.69, 9.17) is 9.15 Å². The van der Waals surface area contributed by atoms with Gasteiger partial charge < -0.3 is 27.0 Å². The molecular formula is C13H18BF3KNO3. The van der Waals surface area contributed by atoms with E-state index in [0.29, 0.717) is 0 Å². The molecule has 1 aliphatic rings. The van der Waals surface area contributed by atoms with Crippen LogP contribution in [0.2, 0.25) is 5.82 Å². The second-order valence-corrected chi connectivity index (χ2v) is 6.30. The largest absolute Gasteiger partial charge is 1.00 e. The Morgan fingerprint density at radius 3 is 2.45 bits per heavy atom. The van der Waals surface area contributed by atoms with E-state index in [9.17, 15) is 17.7 Å². The summed E-state index contributed by atoms with van der Waals surface area (Å²) in [5, 5.41) is 0. The first-order valence-electron chi connectivity index (χ1n) is 6.79. The monoisotopic (exact) mass is 343 g/mol. The van der Waals surface area contributed by atoms with E-state index < -0.39 is 30.4 Å². The Labute approximate surface area is 170 Å². The van der Waals surface area contributed by atoms with Crippen molar-refractivity contribution in [3.05, 3.63) is 24.2 Å². The van der Waals surface area contributed by atoms with Crippen LogP contribution in [0.15, 0.2) is 22.8 Å². The van der Waals surface area contributed by atoms with Crippen molar-refractivity contribution in [1.82, 2.24) is 4.90 Å². The molecule has 4 nitrogen and oxygen atoms in total. The van der Waals surface area contributed by atoms with Crippen molar-refractivity contribution < 1.29 is 78.3 Å². The number of carbonyl (C=O) groups excluding carboxylic acids is 1. The van der Waals surface area contributed by atoms with Crippen LogP contribution in [0.3, 0.4) is 0 Å². The van der Waals surface area contributed by atoms with Crippen molar-refractivity contribution in [3.63, 3.8) is 0 Å². The van der Waals surface area contributed by atoms with Crippen LogP contribution in [0.4, 0.5) is 17.7 Å². The predicted molar refractivity (Wildman–Crippen MR) is 72.1 cm³/mol. The van der Waals surface area contributed by atoms with E-state index >= 15 is 0 Å². The van der Waals surface area contributed by atoms with E-state index in [2.05, 4.69) is 0 Å². The number of hydrogen-bond acceptors (Lipinski definition) is 3. The quantitative estimate of drug-likeness (QED) is 0.748. The smallest absolute Gasteiger partial charge is 0.469 e. The summed E-state index contributed by atoms with van der Waals surface area (Å²) in [7, 11) is 0. The van der Waals surface area contributed by atoms with Crippen LogP contribution in [-0.4, -0.2) is 36.7 Å².